The van der Waals surface area contributed by atoms with Gasteiger partial charge in [-0.15, -0.1) is 23.5 Å². The van der Waals surface area contributed by atoms with Gasteiger partial charge in [0.15, 0.2) is 0 Å². The number of thioether (sulfide) groups is 2. The molecule has 1 fully saturated rings. The summed E-state index contributed by atoms with van der Waals surface area (Å²) in [6.07, 6.45) is 5.01. The Hall–Kier alpha value is 4.20. The van der Waals surface area contributed by atoms with E-state index in [1.807, 2.05) is 23.5 Å². The van der Waals surface area contributed by atoms with Gasteiger partial charge >= 0.3 is 0 Å². The minimum absolute atomic E-state index is 0.0491. The number of hydrogen-bond acceptors (Lipinski definition) is 12. The Morgan fingerprint density at radius 3 is 1.67 bits per heavy atom. The quantitative estimate of drug-likeness (QED) is 0.0689. The Morgan fingerprint density at radius 1 is 0.733 bits per heavy atom. The average molecular weight is 637 g/mol. The summed E-state index contributed by atoms with van der Waals surface area (Å²) < 4.78 is 0.0491. The van der Waals surface area contributed by atoms with Crippen LogP contribution in [0.4, 0.5) is 0 Å². The van der Waals surface area contributed by atoms with Crippen LogP contribution in [0.1, 0.15) is 32.1 Å². The topological polar surface area (TPSA) is 0 Å². The molecule has 0 aromatic heterocycles. The molecular weight excluding hydrogens is 601 g/mol. The molecule has 0 saturated heterocycles. The van der Waals surface area contributed by atoms with Crippen LogP contribution < -0.4 is 0 Å². The fourth-order valence-corrected chi connectivity index (χ4v) is 11.3. The van der Waals surface area contributed by atoms with Gasteiger partial charge in [-0.3, -0.25) is 0 Å². The van der Waals surface area contributed by atoms with Crippen molar-refractivity contribution in [2.24, 2.45) is 5.92 Å². The SMILES string of the molecule is SCSC(CC(SCS)C(S)CC(S)C(CC1(S)CC(S)C1)C(S)CS)C(S)CS. The highest BCUT2D eigenvalue weighted by atomic mass is 32.2. The third-order valence-corrected chi connectivity index (χ3v) is 13.6. The Morgan fingerprint density at radius 2 is 1.23 bits per heavy atom. The standard InChI is InChI=1S/C18H36S12/c19-6-14(26)11(5-18(28)3-10(23)4-18)12(24)1-13(25)16(29-8-21)2-17(30-9-22)15(27)7-20/h10-17,19-28H,1-9H2. The third kappa shape index (κ3) is 11.1. The second kappa shape index (κ2) is 16.8. The highest BCUT2D eigenvalue weighted by Gasteiger charge is 2.43. The van der Waals surface area contributed by atoms with Gasteiger partial charge in [-0.2, -0.15) is 126 Å². The predicted molar refractivity (Wildman–Crippen MR) is 180 cm³/mol. The van der Waals surface area contributed by atoms with E-state index in [2.05, 4.69) is 63.1 Å². The van der Waals surface area contributed by atoms with Crippen molar-refractivity contribution < 1.29 is 0 Å². The maximum atomic E-state index is 5.05. The minimum Gasteiger partial charge on any atom is -0.178 e. The van der Waals surface area contributed by atoms with Crippen LogP contribution in [0.25, 0.3) is 0 Å². The minimum atomic E-state index is 0.0491. The molecule has 1 aliphatic rings. The van der Waals surface area contributed by atoms with Crippen LogP contribution in [0.3, 0.4) is 0 Å². The summed E-state index contributed by atoms with van der Waals surface area (Å²) in [4.78, 5) is 0. The molecular formula is C18H36S12. The second-order valence-corrected chi connectivity index (χ2v) is 16.9. The number of hydrogen-bond donors (Lipinski definition) is 10. The molecule has 12 heteroatoms. The lowest BCUT2D eigenvalue weighted by atomic mass is 9.75. The Balaban J connectivity index is 2.81. The summed E-state index contributed by atoms with van der Waals surface area (Å²) in [5.41, 5.74) is 0. The summed E-state index contributed by atoms with van der Waals surface area (Å²) >= 11 is 50.8. The van der Waals surface area contributed by atoms with Crippen LogP contribution in [-0.4, -0.2) is 63.2 Å². The third-order valence-electron chi connectivity index (χ3n) is 5.59. The van der Waals surface area contributed by atoms with E-state index in [1.54, 1.807) is 0 Å². The number of rotatable bonds is 16. The van der Waals surface area contributed by atoms with Gasteiger partial charge in [0.1, 0.15) is 0 Å². The molecule has 0 bridgehead atoms. The van der Waals surface area contributed by atoms with Crippen LogP contribution in [0, 0.1) is 5.92 Å². The molecule has 1 aliphatic carbocycles. The second-order valence-electron chi connectivity index (χ2n) is 7.93. The van der Waals surface area contributed by atoms with E-state index in [-0.39, 0.29) is 25.7 Å². The molecule has 1 rings (SSSR count). The molecule has 0 spiro atoms. The monoisotopic (exact) mass is 636 g/mol. The average Bonchev–Trinajstić information content (AvgIpc) is 2.68. The Kier molecular flexibility index (Phi) is 18.1. The van der Waals surface area contributed by atoms with E-state index in [0.717, 1.165) is 53.8 Å². The van der Waals surface area contributed by atoms with Gasteiger partial charge in [-0.1, -0.05) is 0 Å². The lowest BCUT2D eigenvalue weighted by molar-refractivity contribution is 0.292. The molecule has 0 N–H and O–H groups in total. The van der Waals surface area contributed by atoms with Crippen LogP contribution in [0.2, 0.25) is 0 Å². The molecule has 7 atom stereocenters. The van der Waals surface area contributed by atoms with Gasteiger partial charge in [0, 0.05) is 63.2 Å². The Bertz CT molecular complexity index is 460. The van der Waals surface area contributed by atoms with Crippen molar-refractivity contribution in [3.05, 3.63) is 0 Å². The molecule has 0 heterocycles. The smallest absolute Gasteiger partial charge is 0.0365 e. The van der Waals surface area contributed by atoms with Crippen molar-refractivity contribution in [3.8, 4) is 0 Å². The van der Waals surface area contributed by atoms with Gasteiger partial charge in [-0.05, 0) is 38.0 Å². The molecule has 0 aromatic rings. The van der Waals surface area contributed by atoms with Gasteiger partial charge in [-0.25, -0.2) is 0 Å². The molecule has 0 amide bonds. The van der Waals surface area contributed by atoms with E-state index in [9.17, 15) is 0 Å². The van der Waals surface area contributed by atoms with E-state index in [0.29, 0.717) is 21.7 Å². The zero-order valence-corrected chi connectivity index (χ0v) is 27.3. The zero-order chi connectivity index (χ0) is 22.9. The molecule has 1 saturated carbocycles. The Labute approximate surface area is 248 Å². The van der Waals surface area contributed by atoms with Crippen LogP contribution in [0.15, 0.2) is 0 Å². The normalized spacial score (nSPS) is 28.8. The molecule has 30 heavy (non-hydrogen) atoms. The van der Waals surface area contributed by atoms with Gasteiger partial charge < -0.3 is 0 Å². The predicted octanol–water partition coefficient (Wildman–Crippen LogP) is 6.57. The highest BCUT2D eigenvalue weighted by molar-refractivity contribution is 8.11. The van der Waals surface area contributed by atoms with Crippen molar-refractivity contribution >= 4 is 150 Å². The maximum Gasteiger partial charge on any atom is 0.0365 e. The van der Waals surface area contributed by atoms with Crippen molar-refractivity contribution in [2.75, 3.05) is 21.7 Å². The zero-order valence-electron chi connectivity index (χ0n) is 16.8. The van der Waals surface area contributed by atoms with E-state index in [1.165, 1.54) is 0 Å². The highest BCUT2D eigenvalue weighted by Crippen LogP contribution is 2.48. The summed E-state index contributed by atoms with van der Waals surface area (Å²) in [6, 6.07) is 0. The van der Waals surface area contributed by atoms with Crippen LogP contribution in [-0.2, 0) is 0 Å². The first-order valence-corrected chi connectivity index (χ1v) is 17.6. The van der Waals surface area contributed by atoms with Gasteiger partial charge in [0.25, 0.3) is 0 Å². The van der Waals surface area contributed by atoms with Gasteiger partial charge in [0.05, 0.1) is 0 Å². The summed E-state index contributed by atoms with van der Waals surface area (Å²) in [6.45, 7) is 0. The van der Waals surface area contributed by atoms with Crippen molar-refractivity contribution in [1.82, 2.24) is 0 Å². The number of thiol groups is 10. The lowest BCUT2D eigenvalue weighted by Gasteiger charge is -2.46. The van der Waals surface area contributed by atoms with E-state index >= 15 is 0 Å². The maximum absolute atomic E-state index is 5.05. The van der Waals surface area contributed by atoms with Crippen molar-refractivity contribution in [2.45, 2.75) is 73.6 Å². The molecule has 0 nitrogen and oxygen atoms in total. The van der Waals surface area contributed by atoms with E-state index in [4.69, 9.17) is 63.1 Å². The van der Waals surface area contributed by atoms with E-state index < -0.39 is 0 Å². The first-order chi connectivity index (χ1) is 14.1. The van der Waals surface area contributed by atoms with Crippen molar-refractivity contribution in [3.63, 3.8) is 0 Å². The summed E-state index contributed by atoms with van der Waals surface area (Å²) in [5, 5.41) is 3.61. The summed E-state index contributed by atoms with van der Waals surface area (Å²) in [7, 11) is 0. The molecule has 7 unspecified atom stereocenters. The van der Waals surface area contributed by atoms with Crippen LogP contribution in [0.5, 0.6) is 0 Å². The molecule has 0 aromatic carbocycles. The van der Waals surface area contributed by atoms with Crippen LogP contribution >= 0.6 is 150 Å². The molecule has 180 valence electrons. The summed E-state index contributed by atoms with van der Waals surface area (Å²) in [5.74, 6) is 1.82. The fraction of sp³-hybridized carbons (Fsp3) is 1.00. The first-order valence-electron chi connectivity index (χ1n) is 9.90. The van der Waals surface area contributed by atoms with Gasteiger partial charge in [0.2, 0.25) is 0 Å². The van der Waals surface area contributed by atoms with Crippen molar-refractivity contribution in [1.29, 1.82) is 0 Å². The molecule has 0 radical (unpaired) electrons. The first kappa shape index (κ1) is 32.2. The largest absolute Gasteiger partial charge is 0.178 e. The lowest BCUT2D eigenvalue weighted by Crippen LogP contribution is -2.45. The fourth-order valence-electron chi connectivity index (χ4n) is 3.87. The molecule has 0 aliphatic heterocycles.